The summed E-state index contributed by atoms with van der Waals surface area (Å²) < 4.78 is 27.4. The molecule has 1 aromatic rings. The van der Waals surface area contributed by atoms with E-state index in [4.69, 9.17) is 23.7 Å². The summed E-state index contributed by atoms with van der Waals surface area (Å²) in [7, 11) is 3.27. The summed E-state index contributed by atoms with van der Waals surface area (Å²) in [6, 6.07) is 3.99. The Balaban J connectivity index is 1.84. The van der Waals surface area contributed by atoms with Crippen molar-refractivity contribution in [2.45, 2.75) is 65.3 Å². The first kappa shape index (κ1) is 30.7. The van der Waals surface area contributed by atoms with Gasteiger partial charge in [-0.2, -0.15) is 0 Å². The van der Waals surface area contributed by atoms with E-state index in [2.05, 4.69) is 15.9 Å². The molecule has 210 valence electrons. The molecule has 0 atom stereocenters. The molecule has 2 rings (SSSR count). The molecule has 0 aromatic heterocycles. The lowest BCUT2D eigenvalue weighted by molar-refractivity contribution is -0.144. The number of methoxy groups -OCH3 is 2. The van der Waals surface area contributed by atoms with Crippen LogP contribution >= 0.6 is 0 Å². The second kappa shape index (κ2) is 17.9. The van der Waals surface area contributed by atoms with Crippen molar-refractivity contribution < 1.29 is 33.3 Å². The molecule has 0 saturated carbocycles. The van der Waals surface area contributed by atoms with Crippen LogP contribution in [0.5, 0.6) is 17.2 Å². The Kier molecular flexibility index (Phi) is 14.8. The minimum absolute atomic E-state index is 0.112. The summed E-state index contributed by atoms with van der Waals surface area (Å²) in [5, 5.41) is 0. The van der Waals surface area contributed by atoms with Gasteiger partial charge in [0.05, 0.1) is 34.0 Å². The zero-order valence-corrected chi connectivity index (χ0v) is 23.2. The van der Waals surface area contributed by atoms with Gasteiger partial charge in [-0.3, -0.25) is 14.5 Å². The molecule has 0 amide bonds. The lowest BCUT2D eigenvalue weighted by atomic mass is 10.1. The molecule has 1 aliphatic heterocycles. The number of nitrogens with zero attached hydrogens (tertiary/aromatic N) is 2. The molecule has 0 unspecified atom stereocenters. The van der Waals surface area contributed by atoms with Gasteiger partial charge in [0.1, 0.15) is 0 Å². The Labute approximate surface area is 222 Å². The summed E-state index contributed by atoms with van der Waals surface area (Å²) in [6.07, 6.45) is 5.46. The fraction of sp³-hybridized carbons (Fsp3) is 0.714. The summed E-state index contributed by atoms with van der Waals surface area (Å²) in [5.74, 6) is 1.79. The minimum atomic E-state index is -0.123. The van der Waals surface area contributed by atoms with E-state index in [1.165, 1.54) is 0 Å². The Morgan fingerprint density at radius 1 is 0.757 bits per heavy atom. The van der Waals surface area contributed by atoms with Crippen LogP contribution in [0.15, 0.2) is 12.1 Å². The van der Waals surface area contributed by atoms with Gasteiger partial charge in [-0.25, -0.2) is 0 Å². The van der Waals surface area contributed by atoms with Gasteiger partial charge in [0, 0.05) is 51.1 Å². The first-order valence-corrected chi connectivity index (χ1v) is 13.6. The first-order chi connectivity index (χ1) is 18.0. The second-order valence-corrected chi connectivity index (χ2v) is 9.13. The normalized spacial score (nSPS) is 14.3. The fourth-order valence-electron chi connectivity index (χ4n) is 4.45. The van der Waals surface area contributed by atoms with Gasteiger partial charge in [-0.15, -0.1) is 0 Å². The average Bonchev–Trinajstić information content (AvgIpc) is 2.89. The lowest BCUT2D eigenvalue weighted by Gasteiger charge is -2.35. The van der Waals surface area contributed by atoms with E-state index in [-0.39, 0.29) is 11.9 Å². The average molecular weight is 523 g/mol. The number of unbranched alkanes of at least 4 members (excludes halogenated alkanes) is 3. The molecule has 0 spiro atoms. The molecule has 0 radical (unpaired) electrons. The smallest absolute Gasteiger partial charge is 0.305 e. The standard InChI is InChI=1S/C28H46N2O7/c1-5-35-25(31)12-9-7-8-10-21-37-27-23(14-15-24(33-3)28(27)34-4)22-30-19-17-29(18-20-30)16-11-13-26(32)36-6-2/h14-15H,5-13,16-22H2,1-4H3. The van der Waals surface area contributed by atoms with Crippen molar-refractivity contribution in [1.29, 1.82) is 0 Å². The fourth-order valence-corrected chi connectivity index (χ4v) is 4.45. The van der Waals surface area contributed by atoms with Crippen molar-refractivity contribution in [2.75, 3.05) is 66.8 Å². The molecular weight excluding hydrogens is 476 g/mol. The summed E-state index contributed by atoms with van der Waals surface area (Å²) in [4.78, 5) is 27.9. The Bertz CT molecular complexity index is 810. The summed E-state index contributed by atoms with van der Waals surface area (Å²) in [6.45, 7) is 10.6. The largest absolute Gasteiger partial charge is 0.493 e. The van der Waals surface area contributed by atoms with E-state index in [0.29, 0.717) is 44.2 Å². The van der Waals surface area contributed by atoms with Crippen LogP contribution in [0.25, 0.3) is 0 Å². The van der Waals surface area contributed by atoms with Crippen LogP contribution in [-0.4, -0.2) is 88.5 Å². The zero-order valence-electron chi connectivity index (χ0n) is 23.2. The number of carbonyl (C=O) groups is 2. The molecule has 1 saturated heterocycles. The highest BCUT2D eigenvalue weighted by molar-refractivity contribution is 5.69. The Hall–Kier alpha value is -2.52. The third kappa shape index (κ3) is 11.2. The van der Waals surface area contributed by atoms with Gasteiger partial charge in [0.15, 0.2) is 11.5 Å². The Morgan fingerprint density at radius 2 is 1.38 bits per heavy atom. The highest BCUT2D eigenvalue weighted by Crippen LogP contribution is 2.40. The second-order valence-electron chi connectivity index (χ2n) is 9.13. The molecule has 1 aliphatic rings. The van der Waals surface area contributed by atoms with Gasteiger partial charge in [-0.1, -0.05) is 18.9 Å². The molecule has 1 aromatic carbocycles. The number of benzene rings is 1. The van der Waals surface area contributed by atoms with Crippen molar-refractivity contribution in [3.05, 3.63) is 17.7 Å². The van der Waals surface area contributed by atoms with Crippen LogP contribution in [0, 0.1) is 0 Å². The van der Waals surface area contributed by atoms with Crippen LogP contribution < -0.4 is 14.2 Å². The van der Waals surface area contributed by atoms with Crippen molar-refractivity contribution in [3.63, 3.8) is 0 Å². The summed E-state index contributed by atoms with van der Waals surface area (Å²) in [5.41, 5.74) is 1.08. The van der Waals surface area contributed by atoms with Crippen molar-refractivity contribution in [2.24, 2.45) is 0 Å². The van der Waals surface area contributed by atoms with E-state index in [1.807, 2.05) is 19.9 Å². The molecule has 0 aliphatic carbocycles. The number of hydrogen-bond donors (Lipinski definition) is 0. The van der Waals surface area contributed by atoms with Crippen molar-refractivity contribution in [3.8, 4) is 17.2 Å². The Morgan fingerprint density at radius 3 is 2.00 bits per heavy atom. The van der Waals surface area contributed by atoms with Crippen molar-refractivity contribution >= 4 is 11.9 Å². The number of rotatable bonds is 18. The molecule has 0 bridgehead atoms. The van der Waals surface area contributed by atoms with Crippen LogP contribution in [0.2, 0.25) is 0 Å². The van der Waals surface area contributed by atoms with Crippen molar-refractivity contribution in [1.82, 2.24) is 9.80 Å². The van der Waals surface area contributed by atoms with E-state index < -0.39 is 0 Å². The SMILES string of the molecule is CCOC(=O)CCCCCCOc1c(CN2CCN(CCCC(=O)OCC)CC2)ccc(OC)c1OC. The molecule has 37 heavy (non-hydrogen) atoms. The molecule has 9 heteroatoms. The molecule has 1 fully saturated rings. The maximum Gasteiger partial charge on any atom is 0.305 e. The third-order valence-corrected chi connectivity index (χ3v) is 6.43. The molecular formula is C28H46N2O7. The number of carbonyl (C=O) groups excluding carboxylic acids is 2. The maximum absolute atomic E-state index is 11.6. The minimum Gasteiger partial charge on any atom is -0.493 e. The third-order valence-electron chi connectivity index (χ3n) is 6.43. The van der Waals surface area contributed by atoms with Crippen LogP contribution in [-0.2, 0) is 25.6 Å². The monoisotopic (exact) mass is 522 g/mol. The molecule has 0 N–H and O–H groups in total. The van der Waals surface area contributed by atoms with E-state index in [1.54, 1.807) is 14.2 Å². The molecule has 1 heterocycles. The van der Waals surface area contributed by atoms with Gasteiger partial charge in [0.2, 0.25) is 5.75 Å². The van der Waals surface area contributed by atoms with E-state index in [9.17, 15) is 9.59 Å². The van der Waals surface area contributed by atoms with Crippen LogP contribution in [0.4, 0.5) is 0 Å². The van der Waals surface area contributed by atoms with Gasteiger partial charge < -0.3 is 28.6 Å². The zero-order chi connectivity index (χ0) is 26.9. The first-order valence-electron chi connectivity index (χ1n) is 13.6. The number of esters is 2. The molecule has 9 nitrogen and oxygen atoms in total. The van der Waals surface area contributed by atoms with Gasteiger partial charge in [-0.05, 0) is 45.7 Å². The highest BCUT2D eigenvalue weighted by Gasteiger charge is 2.22. The summed E-state index contributed by atoms with van der Waals surface area (Å²) >= 11 is 0. The van der Waals surface area contributed by atoms with E-state index in [0.717, 1.165) is 82.7 Å². The maximum atomic E-state index is 11.6. The quantitative estimate of drug-likeness (QED) is 0.209. The topological polar surface area (TPSA) is 86.8 Å². The number of hydrogen-bond acceptors (Lipinski definition) is 9. The number of piperazine rings is 1. The van der Waals surface area contributed by atoms with Crippen LogP contribution in [0.1, 0.15) is 64.4 Å². The van der Waals surface area contributed by atoms with E-state index >= 15 is 0 Å². The highest BCUT2D eigenvalue weighted by atomic mass is 16.5. The van der Waals surface area contributed by atoms with Crippen LogP contribution in [0.3, 0.4) is 0 Å². The predicted octanol–water partition coefficient (Wildman–Crippen LogP) is 4.06. The predicted molar refractivity (Wildman–Crippen MR) is 142 cm³/mol. The lowest BCUT2D eigenvalue weighted by Crippen LogP contribution is -2.46. The van der Waals surface area contributed by atoms with Gasteiger partial charge >= 0.3 is 11.9 Å². The van der Waals surface area contributed by atoms with Gasteiger partial charge in [0.25, 0.3) is 0 Å². The number of ether oxygens (including phenoxy) is 5.